The number of morpholine rings is 1. The lowest BCUT2D eigenvalue weighted by Crippen LogP contribution is -2.40. The molecule has 1 fully saturated rings. The first-order valence-electron chi connectivity index (χ1n) is 11.4. The molecule has 0 N–H and O–H groups in total. The molecule has 4 aromatic rings. The fraction of sp³-hybridized carbons (Fsp3) is 0.375. The van der Waals surface area contributed by atoms with E-state index in [1.807, 2.05) is 30.3 Å². The fourth-order valence-corrected chi connectivity index (χ4v) is 5.77. The number of hydrogen-bond donors (Lipinski definition) is 0. The minimum absolute atomic E-state index is 0.261. The number of ether oxygens (including phenoxy) is 1. The molecule has 5 rings (SSSR count). The van der Waals surface area contributed by atoms with Crippen molar-refractivity contribution in [1.29, 1.82) is 0 Å². The summed E-state index contributed by atoms with van der Waals surface area (Å²) in [6, 6.07) is 12.8. The Kier molecular flexibility index (Phi) is 6.55. The van der Waals surface area contributed by atoms with Gasteiger partial charge < -0.3 is 18.1 Å². The van der Waals surface area contributed by atoms with Gasteiger partial charge in [-0.2, -0.15) is 4.31 Å². The van der Waals surface area contributed by atoms with Crippen molar-refractivity contribution >= 4 is 21.1 Å². The van der Waals surface area contributed by atoms with Gasteiger partial charge in [0.25, 0.3) is 0 Å². The molecule has 0 spiro atoms. The van der Waals surface area contributed by atoms with Crippen LogP contribution in [0.15, 0.2) is 68.7 Å². The number of nitrogens with zero attached hydrogens (tertiary/aromatic N) is 4. The Balaban J connectivity index is 1.45. The Hall–Kier alpha value is -2.92. The topological polar surface area (TPSA) is 93.9 Å². The summed E-state index contributed by atoms with van der Waals surface area (Å²) in [4.78, 5) is 7.31. The van der Waals surface area contributed by atoms with Crippen molar-refractivity contribution in [3.63, 3.8) is 0 Å². The van der Waals surface area contributed by atoms with Crippen molar-refractivity contribution in [3.05, 3.63) is 72.3 Å². The van der Waals surface area contributed by atoms with Crippen molar-refractivity contribution in [2.45, 2.75) is 38.0 Å². The van der Waals surface area contributed by atoms with Crippen LogP contribution < -0.4 is 0 Å². The zero-order valence-electron chi connectivity index (χ0n) is 19.1. The fourth-order valence-electron chi connectivity index (χ4n) is 4.34. The highest BCUT2D eigenvalue weighted by Gasteiger charge is 2.27. The number of aryl methyl sites for hydroxylation is 1. The van der Waals surface area contributed by atoms with Crippen LogP contribution in [-0.4, -0.2) is 53.5 Å². The lowest BCUT2D eigenvalue weighted by Gasteiger charge is -2.26. The van der Waals surface area contributed by atoms with Gasteiger partial charge in [0, 0.05) is 19.6 Å². The molecule has 0 radical (unpaired) electrons. The predicted molar refractivity (Wildman–Crippen MR) is 125 cm³/mol. The largest absolute Gasteiger partial charge is 0.468 e. The monoisotopic (exact) mass is 484 g/mol. The first-order chi connectivity index (χ1) is 16.5. The van der Waals surface area contributed by atoms with Gasteiger partial charge in [-0.25, -0.2) is 13.4 Å². The van der Waals surface area contributed by atoms with Crippen LogP contribution in [-0.2, 0) is 40.9 Å². The summed E-state index contributed by atoms with van der Waals surface area (Å²) in [6.45, 7) is 6.08. The molecular weight excluding hydrogens is 456 g/mol. The first-order valence-corrected chi connectivity index (χ1v) is 12.8. The van der Waals surface area contributed by atoms with Crippen LogP contribution in [0, 0.1) is 0 Å². The van der Waals surface area contributed by atoms with E-state index in [1.54, 1.807) is 24.7 Å². The van der Waals surface area contributed by atoms with Gasteiger partial charge in [0.05, 0.1) is 61.3 Å². The number of fused-ring (bicyclic) bond motifs is 1. The van der Waals surface area contributed by atoms with Crippen molar-refractivity contribution in [2.24, 2.45) is 0 Å². The lowest BCUT2D eigenvalue weighted by atomic mass is 10.3. The molecule has 1 aromatic carbocycles. The van der Waals surface area contributed by atoms with Crippen molar-refractivity contribution in [1.82, 2.24) is 18.8 Å². The van der Waals surface area contributed by atoms with Gasteiger partial charge in [0.2, 0.25) is 10.0 Å². The maximum absolute atomic E-state index is 13.1. The van der Waals surface area contributed by atoms with Crippen molar-refractivity contribution < 1.29 is 22.0 Å². The highest BCUT2D eigenvalue weighted by Crippen LogP contribution is 2.25. The minimum Gasteiger partial charge on any atom is -0.468 e. The first kappa shape index (κ1) is 22.9. The molecule has 10 heteroatoms. The Morgan fingerprint density at radius 3 is 2.24 bits per heavy atom. The van der Waals surface area contributed by atoms with Gasteiger partial charge in [-0.05, 0) is 49.4 Å². The van der Waals surface area contributed by atoms with Crippen molar-refractivity contribution in [2.75, 3.05) is 26.3 Å². The van der Waals surface area contributed by atoms with Gasteiger partial charge in [0.15, 0.2) is 0 Å². The van der Waals surface area contributed by atoms with Crippen LogP contribution in [0.4, 0.5) is 0 Å². The van der Waals surface area contributed by atoms with E-state index in [-0.39, 0.29) is 4.90 Å². The molecule has 180 valence electrons. The van der Waals surface area contributed by atoms with E-state index in [2.05, 4.69) is 16.4 Å². The van der Waals surface area contributed by atoms with Crippen LogP contribution in [0.2, 0.25) is 0 Å². The highest BCUT2D eigenvalue weighted by molar-refractivity contribution is 7.89. The third-order valence-electron chi connectivity index (χ3n) is 6.01. The average Bonchev–Trinajstić information content (AvgIpc) is 3.61. The molecular formula is C24H28N4O5S. The normalized spacial score (nSPS) is 15.5. The zero-order chi connectivity index (χ0) is 23.5. The molecule has 0 atom stereocenters. The zero-order valence-corrected chi connectivity index (χ0v) is 19.9. The second-order valence-corrected chi connectivity index (χ2v) is 10.2. The minimum atomic E-state index is -3.59. The molecule has 4 heterocycles. The highest BCUT2D eigenvalue weighted by atomic mass is 32.2. The van der Waals surface area contributed by atoms with E-state index in [4.69, 9.17) is 18.6 Å². The number of furan rings is 2. The number of sulfonamides is 1. The standard InChI is InChI=1S/C24H28N4O5S/c1-2-28-23-8-7-21(34(29,30)27-9-13-31-14-10-27)15-22(23)25-24(28)18-26(16-19-5-3-11-32-19)17-20-6-4-12-33-20/h3-8,11-12,15H,2,9-10,13-14,16-18H2,1H3. The number of rotatable bonds is 9. The van der Waals surface area contributed by atoms with Crippen LogP contribution in [0.5, 0.6) is 0 Å². The molecule has 0 unspecified atom stereocenters. The molecule has 1 aliphatic rings. The maximum Gasteiger partial charge on any atom is 0.243 e. The lowest BCUT2D eigenvalue weighted by molar-refractivity contribution is 0.0730. The Bertz CT molecular complexity index is 1290. The van der Waals surface area contributed by atoms with E-state index in [9.17, 15) is 8.42 Å². The van der Waals surface area contributed by atoms with Gasteiger partial charge >= 0.3 is 0 Å². The molecule has 0 saturated carbocycles. The second-order valence-electron chi connectivity index (χ2n) is 8.24. The summed E-state index contributed by atoms with van der Waals surface area (Å²) in [5.41, 5.74) is 1.58. The summed E-state index contributed by atoms with van der Waals surface area (Å²) in [6.07, 6.45) is 3.33. The second kappa shape index (κ2) is 9.75. The Morgan fingerprint density at radius 2 is 1.65 bits per heavy atom. The van der Waals surface area contributed by atoms with E-state index < -0.39 is 10.0 Å². The van der Waals surface area contributed by atoms with Gasteiger partial charge in [-0.3, -0.25) is 4.90 Å². The molecule has 9 nitrogen and oxygen atoms in total. The molecule has 1 saturated heterocycles. The summed E-state index contributed by atoms with van der Waals surface area (Å²) in [7, 11) is -3.59. The summed E-state index contributed by atoms with van der Waals surface area (Å²) >= 11 is 0. The van der Waals surface area contributed by atoms with Crippen LogP contribution in [0.3, 0.4) is 0 Å². The number of aromatic nitrogens is 2. The summed E-state index contributed by atoms with van der Waals surface area (Å²) in [5, 5.41) is 0. The number of imidazole rings is 1. The molecule has 3 aromatic heterocycles. The van der Waals surface area contributed by atoms with E-state index in [0.29, 0.717) is 51.5 Å². The van der Waals surface area contributed by atoms with Crippen molar-refractivity contribution in [3.8, 4) is 0 Å². The van der Waals surface area contributed by atoms with Gasteiger partial charge in [-0.1, -0.05) is 0 Å². The predicted octanol–water partition coefficient (Wildman–Crippen LogP) is 3.47. The third-order valence-corrected chi connectivity index (χ3v) is 7.90. The Labute approximate surface area is 198 Å². The quantitative estimate of drug-likeness (QED) is 0.359. The van der Waals surface area contributed by atoms with Gasteiger partial charge in [-0.15, -0.1) is 0 Å². The molecule has 0 bridgehead atoms. The Morgan fingerprint density at radius 1 is 0.971 bits per heavy atom. The van der Waals surface area contributed by atoms with E-state index >= 15 is 0 Å². The average molecular weight is 485 g/mol. The maximum atomic E-state index is 13.1. The molecule has 0 aliphatic carbocycles. The molecule has 0 amide bonds. The number of benzene rings is 1. The smallest absolute Gasteiger partial charge is 0.243 e. The van der Waals surface area contributed by atoms with E-state index in [0.717, 1.165) is 29.4 Å². The number of hydrogen-bond acceptors (Lipinski definition) is 7. The molecule has 34 heavy (non-hydrogen) atoms. The van der Waals surface area contributed by atoms with E-state index in [1.165, 1.54) is 4.31 Å². The SMILES string of the molecule is CCn1c(CN(Cc2ccco2)Cc2ccco2)nc2cc(S(=O)(=O)N3CCOCC3)ccc21. The summed E-state index contributed by atoms with van der Waals surface area (Å²) in [5.74, 6) is 2.56. The third kappa shape index (κ3) is 4.67. The van der Waals surface area contributed by atoms with Gasteiger partial charge in [0.1, 0.15) is 17.3 Å². The molecule has 1 aliphatic heterocycles. The van der Waals surface area contributed by atoms with Crippen LogP contribution in [0.25, 0.3) is 11.0 Å². The van der Waals surface area contributed by atoms with Crippen LogP contribution >= 0.6 is 0 Å². The summed E-state index contributed by atoms with van der Waals surface area (Å²) < 4.78 is 46.3. The van der Waals surface area contributed by atoms with Crippen LogP contribution in [0.1, 0.15) is 24.3 Å².